The van der Waals surface area contributed by atoms with E-state index in [2.05, 4.69) is 19.3 Å². The third-order valence-electron chi connectivity index (χ3n) is 2.19. The number of thioether (sulfide) groups is 1. The second kappa shape index (κ2) is 6.30. The second-order valence-electron chi connectivity index (χ2n) is 3.91. The van der Waals surface area contributed by atoms with E-state index in [4.69, 9.17) is 4.84 Å². The number of carbonyl (C=O) groups excluding carboxylic acids is 1. The van der Waals surface area contributed by atoms with Crippen molar-refractivity contribution in [3.8, 4) is 0 Å². The monoisotopic (exact) mass is 217 g/mol. The summed E-state index contributed by atoms with van der Waals surface area (Å²) in [7, 11) is 0. The number of hydrogen-bond donors (Lipinski definition) is 1. The lowest BCUT2D eigenvalue weighted by atomic mass is 10.3. The molecule has 1 aliphatic rings. The smallest absolute Gasteiger partial charge is 0.253 e. The van der Waals surface area contributed by atoms with E-state index < -0.39 is 0 Å². The summed E-state index contributed by atoms with van der Waals surface area (Å²) in [5, 5.41) is 0.493. The number of hydrogen-bond acceptors (Lipinski definition) is 3. The Balaban J connectivity index is 2.02. The zero-order chi connectivity index (χ0) is 10.4. The van der Waals surface area contributed by atoms with Crippen molar-refractivity contribution >= 4 is 17.7 Å². The predicted octanol–water partition coefficient (Wildman–Crippen LogP) is 2.12. The molecule has 1 rings (SSSR count). The fraction of sp³-hybridized carbons (Fsp3) is 0.900. The van der Waals surface area contributed by atoms with Crippen LogP contribution in [0.5, 0.6) is 0 Å². The molecule has 1 saturated carbocycles. The van der Waals surface area contributed by atoms with E-state index in [1.807, 2.05) is 0 Å². The van der Waals surface area contributed by atoms with Crippen LogP contribution in [0.2, 0.25) is 0 Å². The van der Waals surface area contributed by atoms with E-state index in [1.54, 1.807) is 11.8 Å². The highest BCUT2D eigenvalue weighted by Gasteiger charge is 2.16. The maximum Gasteiger partial charge on any atom is 0.253 e. The minimum atomic E-state index is -0.0180. The standard InChI is InChI=1S/C10H19NO2S/c1-8(2)14-7-10(12)11-13-9-5-3-4-6-9/h8-9H,3-7H2,1-2H3,(H,11,12). The van der Waals surface area contributed by atoms with Gasteiger partial charge in [-0.05, 0) is 18.1 Å². The molecule has 82 valence electrons. The van der Waals surface area contributed by atoms with Crippen molar-refractivity contribution in [3.05, 3.63) is 0 Å². The average molecular weight is 217 g/mol. The Labute approximate surface area is 89.9 Å². The van der Waals surface area contributed by atoms with Crippen molar-refractivity contribution in [2.75, 3.05) is 5.75 Å². The molecule has 0 aromatic rings. The molecular formula is C10H19NO2S. The minimum Gasteiger partial charge on any atom is -0.272 e. The minimum absolute atomic E-state index is 0.0180. The highest BCUT2D eigenvalue weighted by molar-refractivity contribution is 8.00. The molecule has 14 heavy (non-hydrogen) atoms. The van der Waals surface area contributed by atoms with Gasteiger partial charge in [-0.25, -0.2) is 5.48 Å². The van der Waals surface area contributed by atoms with Crippen LogP contribution in [0.4, 0.5) is 0 Å². The number of rotatable bonds is 5. The number of carbonyl (C=O) groups is 1. The normalized spacial score (nSPS) is 17.6. The summed E-state index contributed by atoms with van der Waals surface area (Å²) in [4.78, 5) is 16.5. The summed E-state index contributed by atoms with van der Waals surface area (Å²) in [5.74, 6) is 0.472. The van der Waals surface area contributed by atoms with Crippen LogP contribution in [0.25, 0.3) is 0 Å². The molecule has 4 heteroatoms. The number of nitrogens with one attached hydrogen (secondary N) is 1. The van der Waals surface area contributed by atoms with Crippen LogP contribution in [-0.2, 0) is 9.63 Å². The van der Waals surface area contributed by atoms with E-state index in [-0.39, 0.29) is 12.0 Å². The summed E-state index contributed by atoms with van der Waals surface area (Å²) in [6.07, 6.45) is 4.86. The van der Waals surface area contributed by atoms with Crippen molar-refractivity contribution in [2.45, 2.75) is 50.9 Å². The van der Waals surface area contributed by atoms with Crippen LogP contribution in [0.15, 0.2) is 0 Å². The third kappa shape index (κ3) is 4.86. The Morgan fingerprint density at radius 1 is 1.50 bits per heavy atom. The Hall–Kier alpha value is -0.220. The van der Waals surface area contributed by atoms with Crippen molar-refractivity contribution in [1.82, 2.24) is 5.48 Å². The molecule has 0 radical (unpaired) electrons. The maximum atomic E-state index is 11.2. The largest absolute Gasteiger partial charge is 0.272 e. The van der Waals surface area contributed by atoms with E-state index in [9.17, 15) is 4.79 Å². The SMILES string of the molecule is CC(C)SCC(=O)NOC1CCCC1. The molecular weight excluding hydrogens is 198 g/mol. The number of amides is 1. The van der Waals surface area contributed by atoms with E-state index >= 15 is 0 Å². The highest BCUT2D eigenvalue weighted by atomic mass is 32.2. The van der Waals surface area contributed by atoms with Crippen molar-refractivity contribution in [3.63, 3.8) is 0 Å². The van der Waals surface area contributed by atoms with Crippen molar-refractivity contribution < 1.29 is 9.63 Å². The first-order valence-electron chi connectivity index (χ1n) is 5.24. The van der Waals surface area contributed by atoms with Gasteiger partial charge in [0.2, 0.25) is 0 Å². The average Bonchev–Trinajstić information content (AvgIpc) is 2.63. The van der Waals surface area contributed by atoms with Crippen LogP contribution in [-0.4, -0.2) is 23.0 Å². The Morgan fingerprint density at radius 2 is 2.14 bits per heavy atom. The molecule has 0 spiro atoms. The lowest BCUT2D eigenvalue weighted by Gasteiger charge is -2.11. The molecule has 0 aromatic heterocycles. The van der Waals surface area contributed by atoms with Gasteiger partial charge in [0.05, 0.1) is 11.9 Å². The Kier molecular flexibility index (Phi) is 5.33. The summed E-state index contributed by atoms with van der Waals surface area (Å²) in [5.41, 5.74) is 2.52. The van der Waals surface area contributed by atoms with Gasteiger partial charge in [0.1, 0.15) is 0 Å². The quantitative estimate of drug-likeness (QED) is 0.717. The zero-order valence-electron chi connectivity index (χ0n) is 8.91. The fourth-order valence-electron chi connectivity index (χ4n) is 1.43. The first-order chi connectivity index (χ1) is 6.68. The predicted molar refractivity (Wildman–Crippen MR) is 59.1 cm³/mol. The van der Waals surface area contributed by atoms with Crippen LogP contribution in [0, 0.1) is 0 Å². The van der Waals surface area contributed by atoms with Gasteiger partial charge in [-0.15, -0.1) is 11.8 Å². The number of hydroxylamine groups is 1. The fourth-order valence-corrected chi connectivity index (χ4v) is 1.97. The van der Waals surface area contributed by atoms with E-state index in [0.29, 0.717) is 11.0 Å². The molecule has 1 aliphatic carbocycles. The summed E-state index contributed by atoms with van der Waals surface area (Å²) < 4.78 is 0. The van der Waals surface area contributed by atoms with Gasteiger partial charge in [-0.2, -0.15) is 0 Å². The van der Waals surface area contributed by atoms with Gasteiger partial charge in [0.25, 0.3) is 5.91 Å². The Morgan fingerprint density at radius 3 is 2.71 bits per heavy atom. The first-order valence-corrected chi connectivity index (χ1v) is 6.29. The second-order valence-corrected chi connectivity index (χ2v) is 5.47. The van der Waals surface area contributed by atoms with Crippen LogP contribution >= 0.6 is 11.8 Å². The lowest BCUT2D eigenvalue weighted by molar-refractivity contribution is -0.135. The van der Waals surface area contributed by atoms with Gasteiger partial charge in [-0.3, -0.25) is 9.63 Å². The molecule has 0 heterocycles. The van der Waals surface area contributed by atoms with Crippen LogP contribution < -0.4 is 5.48 Å². The van der Waals surface area contributed by atoms with E-state index in [0.717, 1.165) is 12.8 Å². The first kappa shape index (κ1) is 11.9. The van der Waals surface area contributed by atoms with Crippen molar-refractivity contribution in [1.29, 1.82) is 0 Å². The lowest BCUT2D eigenvalue weighted by Crippen LogP contribution is -2.29. The van der Waals surface area contributed by atoms with Gasteiger partial charge in [0.15, 0.2) is 0 Å². The molecule has 0 aromatic carbocycles. The highest BCUT2D eigenvalue weighted by Crippen LogP contribution is 2.19. The van der Waals surface area contributed by atoms with Gasteiger partial charge in [0, 0.05) is 0 Å². The van der Waals surface area contributed by atoms with Crippen LogP contribution in [0.1, 0.15) is 39.5 Å². The molecule has 0 bridgehead atoms. The molecule has 1 fully saturated rings. The van der Waals surface area contributed by atoms with Gasteiger partial charge < -0.3 is 0 Å². The summed E-state index contributed by atoms with van der Waals surface area (Å²) >= 11 is 1.63. The molecule has 0 atom stereocenters. The van der Waals surface area contributed by atoms with Gasteiger partial charge >= 0.3 is 0 Å². The molecule has 3 nitrogen and oxygen atoms in total. The van der Waals surface area contributed by atoms with Gasteiger partial charge in [-0.1, -0.05) is 26.7 Å². The molecule has 0 unspecified atom stereocenters. The molecule has 1 amide bonds. The van der Waals surface area contributed by atoms with E-state index in [1.165, 1.54) is 12.8 Å². The zero-order valence-corrected chi connectivity index (χ0v) is 9.73. The Bertz CT molecular complexity index is 179. The van der Waals surface area contributed by atoms with Crippen LogP contribution in [0.3, 0.4) is 0 Å². The topological polar surface area (TPSA) is 38.3 Å². The molecule has 1 N–H and O–H groups in total. The van der Waals surface area contributed by atoms with Crippen molar-refractivity contribution in [2.24, 2.45) is 0 Å². The molecule has 0 aliphatic heterocycles. The summed E-state index contributed by atoms with van der Waals surface area (Å²) in [6.45, 7) is 4.16. The summed E-state index contributed by atoms with van der Waals surface area (Å²) in [6, 6.07) is 0. The molecule has 0 saturated heterocycles. The maximum absolute atomic E-state index is 11.2. The third-order valence-corrected chi connectivity index (χ3v) is 3.28.